The van der Waals surface area contributed by atoms with Crippen molar-refractivity contribution in [2.24, 2.45) is 0 Å². The molecule has 1 amide bonds. The molecule has 3 heteroatoms. The highest BCUT2D eigenvalue weighted by Crippen LogP contribution is 2.11. The summed E-state index contributed by atoms with van der Waals surface area (Å²) in [6.07, 6.45) is 2.77. The molecule has 0 atom stereocenters. The van der Waals surface area contributed by atoms with Gasteiger partial charge in [0.2, 0.25) is 5.91 Å². The Labute approximate surface area is 96.0 Å². The van der Waals surface area contributed by atoms with E-state index in [1.54, 1.807) is 0 Å². The number of rotatable bonds is 4. The van der Waals surface area contributed by atoms with Gasteiger partial charge in [0.15, 0.2) is 0 Å². The van der Waals surface area contributed by atoms with Crippen LogP contribution >= 0.6 is 0 Å². The summed E-state index contributed by atoms with van der Waals surface area (Å²) < 4.78 is 5.49. The number of para-hydroxylation sites is 1. The Morgan fingerprint density at radius 3 is 2.56 bits per heavy atom. The first-order chi connectivity index (χ1) is 7.86. The van der Waals surface area contributed by atoms with E-state index in [4.69, 9.17) is 4.74 Å². The van der Waals surface area contributed by atoms with Gasteiger partial charge < -0.3 is 9.64 Å². The van der Waals surface area contributed by atoms with Crippen LogP contribution in [0.3, 0.4) is 0 Å². The Morgan fingerprint density at radius 2 is 1.88 bits per heavy atom. The highest BCUT2D eigenvalue weighted by atomic mass is 16.5. The zero-order chi connectivity index (χ0) is 11.2. The molecule has 1 aliphatic heterocycles. The second-order valence-electron chi connectivity index (χ2n) is 4.00. The molecule has 0 spiro atoms. The second-order valence-corrected chi connectivity index (χ2v) is 4.00. The number of benzene rings is 1. The largest absolute Gasteiger partial charge is 0.493 e. The summed E-state index contributed by atoms with van der Waals surface area (Å²) in [6.45, 7) is 2.31. The van der Waals surface area contributed by atoms with Crippen molar-refractivity contribution >= 4 is 5.91 Å². The molecule has 3 nitrogen and oxygen atoms in total. The van der Waals surface area contributed by atoms with Gasteiger partial charge in [0.25, 0.3) is 0 Å². The molecule has 1 aromatic carbocycles. The fourth-order valence-electron chi connectivity index (χ4n) is 1.90. The molecule has 1 aromatic rings. The van der Waals surface area contributed by atoms with Crippen LogP contribution in [0.5, 0.6) is 5.75 Å². The molecule has 1 aliphatic rings. The Hall–Kier alpha value is -1.51. The van der Waals surface area contributed by atoms with Gasteiger partial charge in [0.05, 0.1) is 13.0 Å². The number of hydrogen-bond acceptors (Lipinski definition) is 2. The zero-order valence-electron chi connectivity index (χ0n) is 9.39. The summed E-state index contributed by atoms with van der Waals surface area (Å²) >= 11 is 0. The molecule has 0 aliphatic carbocycles. The van der Waals surface area contributed by atoms with Crippen molar-refractivity contribution < 1.29 is 9.53 Å². The van der Waals surface area contributed by atoms with Crippen LogP contribution < -0.4 is 4.74 Å². The number of carbonyl (C=O) groups excluding carboxylic acids is 1. The van der Waals surface area contributed by atoms with Gasteiger partial charge in [-0.25, -0.2) is 0 Å². The van der Waals surface area contributed by atoms with Crippen LogP contribution in [0.4, 0.5) is 0 Å². The molecule has 0 radical (unpaired) electrons. The van der Waals surface area contributed by atoms with E-state index in [2.05, 4.69) is 0 Å². The minimum absolute atomic E-state index is 0.216. The van der Waals surface area contributed by atoms with Crippen molar-refractivity contribution in [3.8, 4) is 5.75 Å². The first-order valence-electron chi connectivity index (χ1n) is 5.82. The van der Waals surface area contributed by atoms with Crippen LogP contribution in [0, 0.1) is 0 Å². The summed E-state index contributed by atoms with van der Waals surface area (Å²) in [6, 6.07) is 9.61. The van der Waals surface area contributed by atoms with E-state index in [9.17, 15) is 4.79 Å². The van der Waals surface area contributed by atoms with Crippen LogP contribution in [0.2, 0.25) is 0 Å². The summed E-state index contributed by atoms with van der Waals surface area (Å²) in [5, 5.41) is 0. The van der Waals surface area contributed by atoms with Crippen molar-refractivity contribution in [3.63, 3.8) is 0 Å². The molecule has 0 unspecified atom stereocenters. The molecule has 86 valence electrons. The summed E-state index contributed by atoms with van der Waals surface area (Å²) in [7, 11) is 0. The van der Waals surface area contributed by atoms with Crippen molar-refractivity contribution in [2.75, 3.05) is 19.7 Å². The number of ether oxygens (including phenoxy) is 1. The maximum atomic E-state index is 11.7. The first kappa shape index (κ1) is 11.0. The Bertz CT molecular complexity index is 331. The van der Waals surface area contributed by atoms with E-state index in [1.807, 2.05) is 35.2 Å². The molecular formula is C13H17NO2. The van der Waals surface area contributed by atoms with E-state index in [-0.39, 0.29) is 5.91 Å². The van der Waals surface area contributed by atoms with Crippen molar-refractivity contribution in [1.29, 1.82) is 0 Å². The number of hydrogen-bond donors (Lipinski definition) is 0. The monoisotopic (exact) mass is 219 g/mol. The molecule has 0 saturated carbocycles. The van der Waals surface area contributed by atoms with Crippen LogP contribution in [0.1, 0.15) is 19.3 Å². The quantitative estimate of drug-likeness (QED) is 0.776. The molecule has 0 bridgehead atoms. The molecule has 1 fully saturated rings. The Morgan fingerprint density at radius 1 is 1.19 bits per heavy atom. The molecule has 0 aromatic heterocycles. The van der Waals surface area contributed by atoms with Crippen molar-refractivity contribution in [1.82, 2.24) is 4.90 Å². The lowest BCUT2D eigenvalue weighted by atomic mass is 10.3. The first-order valence-corrected chi connectivity index (χ1v) is 5.82. The number of amides is 1. The normalized spacial score (nSPS) is 15.1. The maximum absolute atomic E-state index is 11.7. The van der Waals surface area contributed by atoms with Crippen molar-refractivity contribution in [2.45, 2.75) is 19.3 Å². The molecule has 0 N–H and O–H groups in total. The number of likely N-dealkylation sites (tertiary alicyclic amines) is 1. The lowest BCUT2D eigenvalue weighted by Gasteiger charge is -2.15. The van der Waals surface area contributed by atoms with Crippen LogP contribution in [0.25, 0.3) is 0 Å². The van der Waals surface area contributed by atoms with E-state index in [1.165, 1.54) is 0 Å². The molecule has 1 saturated heterocycles. The lowest BCUT2D eigenvalue weighted by Crippen LogP contribution is -2.28. The smallest absolute Gasteiger partial charge is 0.225 e. The molecule has 1 heterocycles. The average Bonchev–Trinajstić information content (AvgIpc) is 2.84. The van der Waals surface area contributed by atoms with Crippen molar-refractivity contribution in [3.05, 3.63) is 30.3 Å². The second kappa shape index (κ2) is 5.54. The van der Waals surface area contributed by atoms with Crippen LogP contribution in [-0.4, -0.2) is 30.5 Å². The van der Waals surface area contributed by atoms with Gasteiger partial charge in [-0.05, 0) is 25.0 Å². The summed E-state index contributed by atoms with van der Waals surface area (Å²) in [4.78, 5) is 13.6. The minimum atomic E-state index is 0.216. The van der Waals surface area contributed by atoms with Crippen LogP contribution in [0.15, 0.2) is 30.3 Å². The average molecular weight is 219 g/mol. The predicted molar refractivity (Wildman–Crippen MR) is 62.4 cm³/mol. The summed E-state index contributed by atoms with van der Waals surface area (Å²) in [5.41, 5.74) is 0. The van der Waals surface area contributed by atoms with E-state index < -0.39 is 0 Å². The van der Waals surface area contributed by atoms with Gasteiger partial charge in [-0.1, -0.05) is 18.2 Å². The van der Waals surface area contributed by atoms with Gasteiger partial charge in [-0.3, -0.25) is 4.79 Å². The van der Waals surface area contributed by atoms with E-state index in [0.717, 1.165) is 31.7 Å². The van der Waals surface area contributed by atoms with E-state index in [0.29, 0.717) is 13.0 Å². The Balaban J connectivity index is 1.70. The van der Waals surface area contributed by atoms with Crippen LogP contribution in [-0.2, 0) is 4.79 Å². The fraction of sp³-hybridized carbons (Fsp3) is 0.462. The van der Waals surface area contributed by atoms with Gasteiger partial charge in [0.1, 0.15) is 5.75 Å². The number of nitrogens with zero attached hydrogens (tertiary/aromatic N) is 1. The standard InChI is InChI=1S/C13H17NO2/c15-13(14-9-4-5-10-14)8-11-16-12-6-2-1-3-7-12/h1-3,6-7H,4-5,8-11H2. The lowest BCUT2D eigenvalue weighted by molar-refractivity contribution is -0.130. The third-order valence-corrected chi connectivity index (χ3v) is 2.79. The SMILES string of the molecule is O=C(CCOc1ccccc1)N1CCCC1. The topological polar surface area (TPSA) is 29.5 Å². The van der Waals surface area contributed by atoms with E-state index >= 15 is 0 Å². The number of carbonyl (C=O) groups is 1. The minimum Gasteiger partial charge on any atom is -0.493 e. The maximum Gasteiger partial charge on any atom is 0.225 e. The highest BCUT2D eigenvalue weighted by Gasteiger charge is 2.17. The highest BCUT2D eigenvalue weighted by molar-refractivity contribution is 5.76. The van der Waals surface area contributed by atoms with Gasteiger partial charge in [-0.15, -0.1) is 0 Å². The third-order valence-electron chi connectivity index (χ3n) is 2.79. The van der Waals surface area contributed by atoms with Gasteiger partial charge in [-0.2, -0.15) is 0 Å². The predicted octanol–water partition coefficient (Wildman–Crippen LogP) is 2.08. The summed E-state index contributed by atoms with van der Waals surface area (Å²) in [5.74, 6) is 1.05. The van der Waals surface area contributed by atoms with Gasteiger partial charge in [0, 0.05) is 13.1 Å². The van der Waals surface area contributed by atoms with Gasteiger partial charge >= 0.3 is 0 Å². The third kappa shape index (κ3) is 2.99. The fourth-order valence-corrected chi connectivity index (χ4v) is 1.90. The molecule has 2 rings (SSSR count). The molecular weight excluding hydrogens is 202 g/mol. The molecule has 16 heavy (non-hydrogen) atoms. The Kier molecular flexibility index (Phi) is 3.81. The zero-order valence-corrected chi connectivity index (χ0v) is 9.39.